The molecule has 1 aliphatic heterocycles. The maximum Gasteiger partial charge on any atom is 0.326 e. The van der Waals surface area contributed by atoms with E-state index < -0.39 is 18.1 Å². The average molecular weight is 384 g/mol. The maximum absolute atomic E-state index is 12.4. The number of nitrogens with one attached hydrogen (secondary N) is 3. The zero-order chi connectivity index (χ0) is 19.3. The number of carbonyl (C=O) groups is 2. The van der Waals surface area contributed by atoms with Crippen molar-refractivity contribution in [2.75, 3.05) is 6.61 Å². The van der Waals surface area contributed by atoms with Crippen LogP contribution >= 0.6 is 11.6 Å². The molecule has 1 fully saturated rings. The molecule has 1 aromatic carbocycles. The number of amides is 1. The minimum Gasteiger partial charge on any atom is -0.480 e. The van der Waals surface area contributed by atoms with Gasteiger partial charge in [-0.3, -0.25) is 4.79 Å². The Bertz CT molecular complexity index is 630. The Morgan fingerprint density at radius 3 is 2.54 bits per heavy atom. The quantitative estimate of drug-likeness (QED) is 0.575. The third-order valence-electron chi connectivity index (χ3n) is 4.05. The fraction of sp³-hybridized carbons (Fsp3) is 0.556. The van der Waals surface area contributed by atoms with Gasteiger partial charge in [-0.1, -0.05) is 23.7 Å². The number of ether oxygens (including phenoxy) is 1. The molecule has 144 valence electrons. The van der Waals surface area contributed by atoms with Gasteiger partial charge in [0.2, 0.25) is 5.91 Å². The summed E-state index contributed by atoms with van der Waals surface area (Å²) in [5.74, 6) is -1.42. The monoisotopic (exact) mass is 383 g/mol. The van der Waals surface area contributed by atoms with Crippen molar-refractivity contribution in [3.8, 4) is 0 Å². The minimum atomic E-state index is -1.07. The number of rotatable bonds is 7. The third kappa shape index (κ3) is 6.25. The number of hydrogen-bond donors (Lipinski definition) is 4. The van der Waals surface area contributed by atoms with Crippen molar-refractivity contribution in [3.63, 3.8) is 0 Å². The normalized spacial score (nSPS) is 21.4. The van der Waals surface area contributed by atoms with E-state index in [0.717, 1.165) is 5.56 Å². The zero-order valence-corrected chi connectivity index (χ0v) is 16.0. The predicted molar refractivity (Wildman–Crippen MR) is 98.8 cm³/mol. The number of benzene rings is 1. The van der Waals surface area contributed by atoms with E-state index in [1.54, 1.807) is 12.1 Å². The average Bonchev–Trinajstić information content (AvgIpc) is 3.03. The molecule has 26 heavy (non-hydrogen) atoms. The molecule has 1 saturated heterocycles. The first kappa shape index (κ1) is 20.6. The molecule has 3 atom stereocenters. The Morgan fingerprint density at radius 2 is 1.96 bits per heavy atom. The standard InChI is InChI=1S/C18H26ClN3O4/c1-18(2,3)26-9-8-13(17(24)25)20-16(23)15-10-14(21-22-15)11-4-6-12(19)7-5-11/h4-7,13-15,21-22H,8-10H2,1-3H3,(H,20,23)(H,24,25). The van der Waals surface area contributed by atoms with Crippen LogP contribution in [0, 0.1) is 0 Å². The fourth-order valence-corrected chi connectivity index (χ4v) is 2.78. The lowest BCUT2D eigenvalue weighted by Gasteiger charge is -2.22. The number of hydrazine groups is 1. The highest BCUT2D eigenvalue weighted by atomic mass is 35.5. The zero-order valence-electron chi connectivity index (χ0n) is 15.2. The Morgan fingerprint density at radius 1 is 1.31 bits per heavy atom. The van der Waals surface area contributed by atoms with Gasteiger partial charge in [-0.25, -0.2) is 15.6 Å². The summed E-state index contributed by atoms with van der Waals surface area (Å²) in [7, 11) is 0. The Hall–Kier alpha value is -1.67. The molecule has 4 N–H and O–H groups in total. The molecule has 3 unspecified atom stereocenters. The van der Waals surface area contributed by atoms with Crippen LogP contribution in [0.2, 0.25) is 5.02 Å². The van der Waals surface area contributed by atoms with Crippen LogP contribution in [0.1, 0.15) is 45.2 Å². The lowest BCUT2D eigenvalue weighted by molar-refractivity contribution is -0.143. The summed E-state index contributed by atoms with van der Waals surface area (Å²) in [5.41, 5.74) is 6.64. The molecule has 2 rings (SSSR count). The van der Waals surface area contributed by atoms with Crippen molar-refractivity contribution < 1.29 is 19.4 Å². The van der Waals surface area contributed by atoms with Crippen molar-refractivity contribution in [3.05, 3.63) is 34.9 Å². The van der Waals surface area contributed by atoms with Gasteiger partial charge in [0.15, 0.2) is 0 Å². The van der Waals surface area contributed by atoms with Crippen molar-refractivity contribution in [1.29, 1.82) is 0 Å². The summed E-state index contributed by atoms with van der Waals surface area (Å²) in [6.45, 7) is 5.94. The van der Waals surface area contributed by atoms with E-state index in [1.807, 2.05) is 32.9 Å². The van der Waals surface area contributed by atoms with Crippen LogP contribution in [0.25, 0.3) is 0 Å². The lowest BCUT2D eigenvalue weighted by Crippen LogP contribution is -2.49. The number of halogens is 1. The van der Waals surface area contributed by atoms with Crippen LogP contribution in [-0.2, 0) is 14.3 Å². The smallest absolute Gasteiger partial charge is 0.326 e. The van der Waals surface area contributed by atoms with Gasteiger partial charge in [-0.05, 0) is 44.9 Å². The topological polar surface area (TPSA) is 99.7 Å². The van der Waals surface area contributed by atoms with Crippen LogP contribution in [0.15, 0.2) is 24.3 Å². The van der Waals surface area contributed by atoms with E-state index in [1.165, 1.54) is 0 Å². The number of carbonyl (C=O) groups excluding carboxylic acids is 1. The molecule has 0 bridgehead atoms. The first-order valence-corrected chi connectivity index (χ1v) is 8.97. The molecule has 8 heteroatoms. The summed E-state index contributed by atoms with van der Waals surface area (Å²) in [4.78, 5) is 23.8. The second-order valence-electron chi connectivity index (χ2n) is 7.33. The summed E-state index contributed by atoms with van der Waals surface area (Å²) >= 11 is 5.89. The van der Waals surface area contributed by atoms with Gasteiger partial charge in [0.05, 0.1) is 5.60 Å². The molecule has 1 amide bonds. The van der Waals surface area contributed by atoms with Crippen molar-refractivity contribution in [2.45, 2.75) is 57.3 Å². The lowest BCUT2D eigenvalue weighted by atomic mass is 10.0. The van der Waals surface area contributed by atoms with Crippen LogP contribution in [-0.4, -0.2) is 41.3 Å². The molecule has 1 aromatic rings. The minimum absolute atomic E-state index is 0.0458. The van der Waals surface area contributed by atoms with E-state index in [4.69, 9.17) is 16.3 Å². The Kier molecular flexibility index (Phi) is 7.00. The van der Waals surface area contributed by atoms with Crippen LogP contribution < -0.4 is 16.2 Å². The molecule has 0 spiro atoms. The summed E-state index contributed by atoms with van der Waals surface area (Å²) in [5, 5.41) is 12.6. The van der Waals surface area contributed by atoms with Crippen LogP contribution in [0.5, 0.6) is 0 Å². The number of aliphatic carboxylic acids is 1. The molecule has 0 aromatic heterocycles. The van der Waals surface area contributed by atoms with E-state index in [2.05, 4.69) is 16.2 Å². The second-order valence-corrected chi connectivity index (χ2v) is 7.77. The summed E-state index contributed by atoms with van der Waals surface area (Å²) < 4.78 is 5.55. The van der Waals surface area contributed by atoms with Gasteiger partial charge in [0, 0.05) is 24.1 Å². The van der Waals surface area contributed by atoms with Crippen molar-refractivity contribution in [1.82, 2.24) is 16.2 Å². The first-order chi connectivity index (χ1) is 12.2. The van der Waals surface area contributed by atoms with Crippen molar-refractivity contribution >= 4 is 23.5 Å². The molecule has 1 aliphatic rings. The van der Waals surface area contributed by atoms with Gasteiger partial charge in [0.25, 0.3) is 0 Å². The van der Waals surface area contributed by atoms with Crippen molar-refractivity contribution in [2.24, 2.45) is 0 Å². The Balaban J connectivity index is 1.87. The second kappa shape index (κ2) is 8.81. The fourth-order valence-electron chi connectivity index (χ4n) is 2.65. The highest BCUT2D eigenvalue weighted by Crippen LogP contribution is 2.23. The summed E-state index contributed by atoms with van der Waals surface area (Å²) in [6.07, 6.45) is 0.720. The molecule has 1 heterocycles. The third-order valence-corrected chi connectivity index (χ3v) is 4.30. The number of carboxylic acids is 1. The van der Waals surface area contributed by atoms with E-state index in [0.29, 0.717) is 11.4 Å². The molecular weight excluding hydrogens is 358 g/mol. The molecule has 0 saturated carbocycles. The number of hydrogen-bond acceptors (Lipinski definition) is 5. The maximum atomic E-state index is 12.4. The van der Waals surface area contributed by atoms with E-state index in [-0.39, 0.29) is 30.6 Å². The molecular formula is C18H26ClN3O4. The molecule has 7 nitrogen and oxygen atoms in total. The van der Waals surface area contributed by atoms with Crippen LogP contribution in [0.4, 0.5) is 0 Å². The number of carboxylic acid groups (broad SMARTS) is 1. The Labute approximate surface area is 158 Å². The van der Waals surface area contributed by atoms with Gasteiger partial charge in [0.1, 0.15) is 12.1 Å². The van der Waals surface area contributed by atoms with Gasteiger partial charge >= 0.3 is 5.97 Å². The van der Waals surface area contributed by atoms with Gasteiger partial charge < -0.3 is 15.2 Å². The largest absolute Gasteiger partial charge is 0.480 e. The van der Waals surface area contributed by atoms with Gasteiger partial charge in [-0.15, -0.1) is 0 Å². The van der Waals surface area contributed by atoms with E-state index >= 15 is 0 Å². The molecule has 0 aliphatic carbocycles. The molecule has 0 radical (unpaired) electrons. The SMILES string of the molecule is CC(C)(C)OCCC(NC(=O)C1CC(c2ccc(Cl)cc2)NN1)C(=O)O. The first-order valence-electron chi connectivity index (χ1n) is 8.59. The highest BCUT2D eigenvalue weighted by molar-refractivity contribution is 6.30. The summed E-state index contributed by atoms with van der Waals surface area (Å²) in [6, 6.07) is 5.83. The van der Waals surface area contributed by atoms with E-state index in [9.17, 15) is 14.7 Å². The predicted octanol–water partition coefficient (Wildman–Crippen LogP) is 2.02. The van der Waals surface area contributed by atoms with Gasteiger partial charge in [-0.2, -0.15) is 0 Å². The highest BCUT2D eigenvalue weighted by Gasteiger charge is 2.32. The van der Waals surface area contributed by atoms with Crippen LogP contribution in [0.3, 0.4) is 0 Å².